The lowest BCUT2D eigenvalue weighted by molar-refractivity contribution is -0.115. The molecule has 0 saturated heterocycles. The van der Waals surface area contributed by atoms with Gasteiger partial charge in [-0.25, -0.2) is 4.68 Å². The zero-order chi connectivity index (χ0) is 17.3. The van der Waals surface area contributed by atoms with E-state index in [1.807, 2.05) is 10.7 Å². The van der Waals surface area contributed by atoms with Crippen LogP contribution in [-0.2, 0) is 15.7 Å². The van der Waals surface area contributed by atoms with Crippen LogP contribution in [0.5, 0.6) is 0 Å². The van der Waals surface area contributed by atoms with E-state index in [1.165, 1.54) is 18.4 Å². The molecule has 0 aromatic carbocycles. The maximum atomic E-state index is 12.4. The van der Waals surface area contributed by atoms with Crippen LogP contribution in [0.3, 0.4) is 0 Å². The van der Waals surface area contributed by atoms with E-state index in [4.69, 9.17) is 5.10 Å². The molecule has 1 aliphatic carbocycles. The lowest BCUT2D eigenvalue weighted by Gasteiger charge is -2.23. The van der Waals surface area contributed by atoms with Gasteiger partial charge in [-0.3, -0.25) is 4.79 Å². The molecule has 1 aromatic rings. The molecule has 128 valence electrons. The third-order valence-corrected chi connectivity index (χ3v) is 4.15. The monoisotopic (exact) mass is 317 g/mol. The van der Waals surface area contributed by atoms with E-state index < -0.39 is 0 Å². The van der Waals surface area contributed by atoms with Gasteiger partial charge in [-0.1, -0.05) is 32.4 Å². The predicted octanol–water partition coefficient (Wildman–Crippen LogP) is 4.76. The molecular formula is C19H31N3O. The van der Waals surface area contributed by atoms with Crippen LogP contribution in [-0.4, -0.2) is 15.7 Å². The van der Waals surface area contributed by atoms with Crippen molar-refractivity contribution >= 4 is 11.7 Å². The van der Waals surface area contributed by atoms with E-state index >= 15 is 0 Å². The molecule has 0 fully saturated rings. The van der Waals surface area contributed by atoms with Crippen molar-refractivity contribution in [3.8, 4) is 0 Å². The fourth-order valence-electron chi connectivity index (χ4n) is 2.81. The molecule has 1 N–H and O–H groups in total. The van der Waals surface area contributed by atoms with E-state index in [0.717, 1.165) is 24.4 Å². The predicted molar refractivity (Wildman–Crippen MR) is 95.7 cm³/mol. The molecule has 23 heavy (non-hydrogen) atoms. The van der Waals surface area contributed by atoms with Crippen LogP contribution in [0.4, 0.5) is 5.82 Å². The number of amides is 1. The first-order valence-electron chi connectivity index (χ1n) is 8.66. The third-order valence-electron chi connectivity index (χ3n) is 4.15. The summed E-state index contributed by atoms with van der Waals surface area (Å²) in [7, 11) is 0. The van der Waals surface area contributed by atoms with Gasteiger partial charge in [0, 0.05) is 17.9 Å². The molecule has 4 heteroatoms. The van der Waals surface area contributed by atoms with Crippen LogP contribution in [0.2, 0.25) is 0 Å². The molecule has 0 spiro atoms. The summed E-state index contributed by atoms with van der Waals surface area (Å²) >= 11 is 0. The van der Waals surface area contributed by atoms with Crippen LogP contribution in [0.15, 0.2) is 17.7 Å². The van der Waals surface area contributed by atoms with Crippen LogP contribution in [0, 0.1) is 0 Å². The minimum atomic E-state index is -0.170. The van der Waals surface area contributed by atoms with Crippen LogP contribution in [0.25, 0.3) is 0 Å². The highest BCUT2D eigenvalue weighted by molar-refractivity contribution is 5.91. The molecular weight excluding hydrogens is 286 g/mol. The van der Waals surface area contributed by atoms with Gasteiger partial charge in [0.1, 0.15) is 5.82 Å². The molecule has 1 aromatic heterocycles. The Morgan fingerprint density at radius 3 is 2.43 bits per heavy atom. The highest BCUT2D eigenvalue weighted by Gasteiger charge is 2.25. The largest absolute Gasteiger partial charge is 0.311 e. The summed E-state index contributed by atoms with van der Waals surface area (Å²) in [5.41, 5.74) is 2.06. The number of rotatable bonds is 3. The standard InChI is InChI=1S/C19H31N3O/c1-18(2,3)15-13-16(22(21-15)19(4,5)6)20-17(23)12-14-10-8-7-9-11-14/h10,13H,7-9,11-12H2,1-6H3,(H,20,23). The Hall–Kier alpha value is -1.58. The summed E-state index contributed by atoms with van der Waals surface area (Å²) in [5.74, 6) is 0.854. The minimum Gasteiger partial charge on any atom is -0.311 e. The minimum absolute atomic E-state index is 0.0398. The lowest BCUT2D eigenvalue weighted by atomic mass is 9.92. The van der Waals surface area contributed by atoms with Crippen molar-refractivity contribution in [3.63, 3.8) is 0 Å². The van der Waals surface area contributed by atoms with Crippen LogP contribution in [0.1, 0.15) is 79.3 Å². The van der Waals surface area contributed by atoms with E-state index in [-0.39, 0.29) is 16.9 Å². The Morgan fingerprint density at radius 2 is 1.91 bits per heavy atom. The van der Waals surface area contributed by atoms with Crippen molar-refractivity contribution in [1.29, 1.82) is 0 Å². The van der Waals surface area contributed by atoms with Gasteiger partial charge in [0.15, 0.2) is 0 Å². The van der Waals surface area contributed by atoms with Crippen molar-refractivity contribution < 1.29 is 4.79 Å². The SMILES string of the molecule is CC(C)(C)c1cc(NC(=O)CC2=CCCCC2)n(C(C)(C)C)n1. The summed E-state index contributed by atoms with van der Waals surface area (Å²) in [6.45, 7) is 12.7. The number of nitrogens with zero attached hydrogens (tertiary/aromatic N) is 2. The van der Waals surface area contributed by atoms with Crippen molar-refractivity contribution in [2.75, 3.05) is 5.32 Å². The number of carbonyl (C=O) groups excluding carboxylic acids is 1. The van der Waals surface area contributed by atoms with Crippen molar-refractivity contribution in [2.24, 2.45) is 0 Å². The first-order valence-corrected chi connectivity index (χ1v) is 8.66. The molecule has 0 atom stereocenters. The summed E-state index contributed by atoms with van der Waals surface area (Å²) in [5, 5.41) is 7.82. The number of hydrogen-bond acceptors (Lipinski definition) is 2. The number of aromatic nitrogens is 2. The van der Waals surface area contributed by atoms with Gasteiger partial charge in [-0.2, -0.15) is 5.10 Å². The summed E-state index contributed by atoms with van der Waals surface area (Å²) in [6, 6.07) is 2.01. The number of anilines is 1. The number of hydrogen-bond donors (Lipinski definition) is 1. The average Bonchev–Trinajstić information content (AvgIpc) is 2.83. The van der Waals surface area contributed by atoms with Crippen LogP contribution >= 0.6 is 0 Å². The molecule has 2 rings (SSSR count). The second-order valence-corrected chi connectivity index (χ2v) is 8.58. The molecule has 0 radical (unpaired) electrons. The molecule has 0 saturated carbocycles. The molecule has 0 unspecified atom stereocenters. The highest BCUT2D eigenvalue weighted by Crippen LogP contribution is 2.28. The normalized spacial score (nSPS) is 16.2. The second kappa shape index (κ2) is 6.50. The van der Waals surface area contributed by atoms with Gasteiger partial charge < -0.3 is 5.32 Å². The first kappa shape index (κ1) is 17.8. The average molecular weight is 317 g/mol. The number of nitrogens with one attached hydrogen (secondary N) is 1. The molecule has 1 amide bonds. The van der Waals surface area contributed by atoms with Crippen molar-refractivity contribution in [2.45, 2.75) is 84.6 Å². The Kier molecular flexibility index (Phi) is 5.02. The Bertz CT molecular complexity index is 597. The Morgan fingerprint density at radius 1 is 1.22 bits per heavy atom. The van der Waals surface area contributed by atoms with Crippen molar-refractivity contribution in [3.05, 3.63) is 23.4 Å². The second-order valence-electron chi connectivity index (χ2n) is 8.58. The van der Waals surface area contributed by atoms with Gasteiger partial charge in [0.25, 0.3) is 0 Å². The summed E-state index contributed by atoms with van der Waals surface area (Å²) in [4.78, 5) is 12.4. The fourth-order valence-corrected chi connectivity index (χ4v) is 2.81. The van der Waals surface area contributed by atoms with E-state index in [1.54, 1.807) is 0 Å². The maximum absolute atomic E-state index is 12.4. The Labute approximate surface area is 140 Å². The van der Waals surface area contributed by atoms with Gasteiger partial charge in [-0.15, -0.1) is 0 Å². The number of allylic oxidation sites excluding steroid dienone is 1. The summed E-state index contributed by atoms with van der Waals surface area (Å²) < 4.78 is 1.93. The first-order chi connectivity index (χ1) is 10.6. The van der Waals surface area contributed by atoms with Gasteiger partial charge in [-0.05, 0) is 46.5 Å². The zero-order valence-corrected chi connectivity index (χ0v) is 15.5. The zero-order valence-electron chi connectivity index (χ0n) is 15.5. The third kappa shape index (κ3) is 4.69. The van der Waals surface area contributed by atoms with E-state index in [0.29, 0.717) is 6.42 Å². The Balaban J connectivity index is 2.19. The summed E-state index contributed by atoms with van der Waals surface area (Å²) in [6.07, 6.45) is 7.34. The van der Waals surface area contributed by atoms with E-state index in [2.05, 4.69) is 52.9 Å². The van der Waals surface area contributed by atoms with Gasteiger partial charge in [0.05, 0.1) is 11.2 Å². The molecule has 1 heterocycles. The molecule has 1 aliphatic rings. The quantitative estimate of drug-likeness (QED) is 0.817. The fraction of sp³-hybridized carbons (Fsp3) is 0.684. The van der Waals surface area contributed by atoms with E-state index in [9.17, 15) is 4.79 Å². The topological polar surface area (TPSA) is 46.9 Å². The molecule has 0 aliphatic heterocycles. The number of carbonyl (C=O) groups is 1. The molecule has 0 bridgehead atoms. The maximum Gasteiger partial charge on any atom is 0.229 e. The lowest BCUT2D eigenvalue weighted by Crippen LogP contribution is -2.27. The molecule has 4 nitrogen and oxygen atoms in total. The van der Waals surface area contributed by atoms with Gasteiger partial charge in [0.2, 0.25) is 5.91 Å². The smallest absolute Gasteiger partial charge is 0.229 e. The van der Waals surface area contributed by atoms with Crippen molar-refractivity contribution in [1.82, 2.24) is 9.78 Å². The highest BCUT2D eigenvalue weighted by atomic mass is 16.1. The van der Waals surface area contributed by atoms with Gasteiger partial charge >= 0.3 is 0 Å². The van der Waals surface area contributed by atoms with Crippen LogP contribution < -0.4 is 5.32 Å².